The minimum Gasteiger partial charge on any atom is -0.495 e. The average Bonchev–Trinajstić information content (AvgIpc) is 3.14. The Bertz CT molecular complexity index is 1090. The first-order valence-electron chi connectivity index (χ1n) is 11.4. The van der Waals surface area contributed by atoms with E-state index < -0.39 is 10.0 Å². The van der Waals surface area contributed by atoms with Gasteiger partial charge in [0.05, 0.1) is 28.3 Å². The highest BCUT2D eigenvalue weighted by molar-refractivity contribution is 7.89. The van der Waals surface area contributed by atoms with Crippen LogP contribution in [-0.4, -0.2) is 69.9 Å². The van der Waals surface area contributed by atoms with Crippen molar-refractivity contribution in [1.82, 2.24) is 9.21 Å². The number of rotatable bonds is 5. The van der Waals surface area contributed by atoms with Gasteiger partial charge in [-0.3, -0.25) is 4.79 Å². The van der Waals surface area contributed by atoms with Gasteiger partial charge in [-0.15, -0.1) is 0 Å². The number of para-hydroxylation sites is 2. The van der Waals surface area contributed by atoms with Crippen LogP contribution < -0.4 is 9.64 Å². The maximum atomic E-state index is 13.3. The van der Waals surface area contributed by atoms with Gasteiger partial charge in [0.25, 0.3) is 5.91 Å². The number of carbonyl (C=O) groups excluding carboxylic acids is 1. The molecule has 2 aliphatic rings. The SMILES string of the molecule is COc1ccccc1N1CCN(C(=O)c2cc(S(=O)(=O)N3CCCCCC3)ccc2Cl)CC1. The molecule has 2 aromatic carbocycles. The number of benzene rings is 2. The molecule has 4 rings (SSSR count). The molecule has 0 aliphatic carbocycles. The van der Waals surface area contributed by atoms with Crippen molar-refractivity contribution >= 4 is 33.2 Å². The van der Waals surface area contributed by atoms with E-state index in [1.165, 1.54) is 22.5 Å². The number of halogens is 1. The molecule has 0 unspecified atom stereocenters. The van der Waals surface area contributed by atoms with E-state index in [2.05, 4.69) is 4.90 Å². The number of ether oxygens (including phenoxy) is 1. The summed E-state index contributed by atoms with van der Waals surface area (Å²) < 4.78 is 33.4. The van der Waals surface area contributed by atoms with E-state index in [1.54, 1.807) is 12.0 Å². The average molecular weight is 492 g/mol. The molecule has 33 heavy (non-hydrogen) atoms. The molecule has 0 spiro atoms. The zero-order valence-corrected chi connectivity index (χ0v) is 20.4. The lowest BCUT2D eigenvalue weighted by atomic mass is 10.1. The van der Waals surface area contributed by atoms with Crippen LogP contribution in [0.2, 0.25) is 5.02 Å². The molecular weight excluding hydrogens is 462 g/mol. The first-order chi connectivity index (χ1) is 15.9. The normalized spacial score (nSPS) is 18.1. The lowest BCUT2D eigenvalue weighted by Gasteiger charge is -2.36. The van der Waals surface area contributed by atoms with Gasteiger partial charge >= 0.3 is 0 Å². The maximum absolute atomic E-state index is 13.3. The van der Waals surface area contributed by atoms with Gasteiger partial charge in [0.2, 0.25) is 10.0 Å². The van der Waals surface area contributed by atoms with Crippen molar-refractivity contribution in [1.29, 1.82) is 0 Å². The van der Waals surface area contributed by atoms with E-state index in [0.29, 0.717) is 39.3 Å². The Morgan fingerprint density at radius 1 is 0.909 bits per heavy atom. The van der Waals surface area contributed by atoms with Gasteiger partial charge in [0.1, 0.15) is 5.75 Å². The number of carbonyl (C=O) groups is 1. The molecule has 9 heteroatoms. The molecule has 2 aromatic rings. The van der Waals surface area contributed by atoms with Crippen LogP contribution in [0.25, 0.3) is 0 Å². The molecule has 2 fully saturated rings. The molecule has 2 saturated heterocycles. The van der Waals surface area contributed by atoms with Crippen LogP contribution in [0.1, 0.15) is 36.0 Å². The number of hydrogen-bond donors (Lipinski definition) is 0. The second-order valence-electron chi connectivity index (χ2n) is 8.41. The summed E-state index contributed by atoms with van der Waals surface area (Å²) in [5, 5.41) is 0.266. The highest BCUT2D eigenvalue weighted by atomic mass is 35.5. The third-order valence-electron chi connectivity index (χ3n) is 6.36. The van der Waals surface area contributed by atoms with Gasteiger partial charge in [-0.1, -0.05) is 36.6 Å². The molecule has 7 nitrogen and oxygen atoms in total. The largest absolute Gasteiger partial charge is 0.495 e. The number of methoxy groups -OCH3 is 1. The topological polar surface area (TPSA) is 70.2 Å². The quantitative estimate of drug-likeness (QED) is 0.635. The summed E-state index contributed by atoms with van der Waals surface area (Å²) in [5.41, 5.74) is 1.23. The number of sulfonamides is 1. The molecule has 0 atom stereocenters. The number of hydrogen-bond acceptors (Lipinski definition) is 5. The molecule has 0 N–H and O–H groups in total. The third-order valence-corrected chi connectivity index (χ3v) is 8.59. The number of amides is 1. The van der Waals surface area contributed by atoms with Crippen molar-refractivity contribution in [3.8, 4) is 5.75 Å². The monoisotopic (exact) mass is 491 g/mol. The summed E-state index contributed by atoms with van der Waals surface area (Å²) in [6.07, 6.45) is 3.79. The summed E-state index contributed by atoms with van der Waals surface area (Å²) in [6, 6.07) is 12.3. The van der Waals surface area contributed by atoms with Crippen molar-refractivity contribution in [2.24, 2.45) is 0 Å². The molecule has 2 aliphatic heterocycles. The highest BCUT2D eigenvalue weighted by Gasteiger charge is 2.29. The smallest absolute Gasteiger partial charge is 0.255 e. The standard InChI is InChI=1S/C24H30ClN3O4S/c1-32-23-9-5-4-8-22(23)26-14-16-27(17-15-26)24(29)20-18-19(10-11-21(20)25)33(30,31)28-12-6-2-3-7-13-28/h4-5,8-11,18H,2-3,6-7,12-17H2,1H3. The number of piperazine rings is 1. The lowest BCUT2D eigenvalue weighted by Crippen LogP contribution is -2.49. The van der Waals surface area contributed by atoms with E-state index >= 15 is 0 Å². The van der Waals surface area contributed by atoms with E-state index in [-0.39, 0.29) is 21.4 Å². The molecular formula is C24H30ClN3O4S. The predicted molar refractivity (Wildman–Crippen MR) is 130 cm³/mol. The first-order valence-corrected chi connectivity index (χ1v) is 13.2. The van der Waals surface area contributed by atoms with Crippen molar-refractivity contribution in [2.75, 3.05) is 51.3 Å². The molecule has 0 aromatic heterocycles. The Morgan fingerprint density at radius 2 is 1.58 bits per heavy atom. The van der Waals surface area contributed by atoms with Crippen molar-refractivity contribution < 1.29 is 17.9 Å². The van der Waals surface area contributed by atoms with Gasteiger partial charge in [-0.05, 0) is 43.2 Å². The van der Waals surface area contributed by atoms with Crippen LogP contribution in [0.4, 0.5) is 5.69 Å². The van der Waals surface area contributed by atoms with E-state index in [4.69, 9.17) is 16.3 Å². The van der Waals surface area contributed by atoms with Crippen LogP contribution in [0.3, 0.4) is 0 Å². The van der Waals surface area contributed by atoms with E-state index in [1.807, 2.05) is 24.3 Å². The summed E-state index contributed by atoms with van der Waals surface area (Å²) in [4.78, 5) is 17.3. The van der Waals surface area contributed by atoms with Gasteiger partial charge in [0.15, 0.2) is 0 Å². The van der Waals surface area contributed by atoms with Gasteiger partial charge in [-0.2, -0.15) is 4.31 Å². The van der Waals surface area contributed by atoms with Gasteiger partial charge < -0.3 is 14.5 Å². The van der Waals surface area contributed by atoms with Crippen LogP contribution in [-0.2, 0) is 10.0 Å². The first kappa shape index (κ1) is 23.9. The molecule has 1 amide bonds. The van der Waals surface area contributed by atoms with Crippen LogP contribution in [0.15, 0.2) is 47.4 Å². The number of anilines is 1. The fraction of sp³-hybridized carbons (Fsp3) is 0.458. The second kappa shape index (κ2) is 10.3. The minimum absolute atomic E-state index is 0.129. The van der Waals surface area contributed by atoms with Gasteiger partial charge in [0, 0.05) is 39.3 Å². The molecule has 0 radical (unpaired) electrons. The second-order valence-corrected chi connectivity index (χ2v) is 10.8. The molecule has 2 heterocycles. The van der Waals surface area contributed by atoms with Crippen LogP contribution >= 0.6 is 11.6 Å². The Balaban J connectivity index is 1.50. The maximum Gasteiger partial charge on any atom is 0.255 e. The molecule has 0 saturated carbocycles. The van der Waals surface area contributed by atoms with Crippen LogP contribution in [0.5, 0.6) is 5.75 Å². The molecule has 178 valence electrons. The minimum atomic E-state index is -3.66. The Labute approximate surface area is 200 Å². The summed E-state index contributed by atoms with van der Waals surface area (Å²) in [5.74, 6) is 0.555. The highest BCUT2D eigenvalue weighted by Crippen LogP contribution is 2.30. The summed E-state index contributed by atoms with van der Waals surface area (Å²) in [7, 11) is -2.01. The fourth-order valence-electron chi connectivity index (χ4n) is 4.47. The Kier molecular flexibility index (Phi) is 7.46. The van der Waals surface area contributed by atoms with Crippen LogP contribution in [0, 0.1) is 0 Å². The van der Waals surface area contributed by atoms with Gasteiger partial charge in [-0.25, -0.2) is 8.42 Å². The summed E-state index contributed by atoms with van der Waals surface area (Å²) in [6.45, 7) is 3.34. The Morgan fingerprint density at radius 3 is 2.24 bits per heavy atom. The predicted octanol–water partition coefficient (Wildman–Crippen LogP) is 3.88. The lowest BCUT2D eigenvalue weighted by molar-refractivity contribution is 0.0746. The Hall–Kier alpha value is -2.29. The zero-order chi connectivity index (χ0) is 23.4. The van der Waals surface area contributed by atoms with Crippen molar-refractivity contribution in [3.05, 3.63) is 53.1 Å². The fourth-order valence-corrected chi connectivity index (χ4v) is 6.21. The summed E-state index contributed by atoms with van der Waals surface area (Å²) >= 11 is 6.35. The zero-order valence-electron chi connectivity index (χ0n) is 18.9. The molecule has 0 bridgehead atoms. The van der Waals surface area contributed by atoms with E-state index in [9.17, 15) is 13.2 Å². The van der Waals surface area contributed by atoms with E-state index in [0.717, 1.165) is 37.1 Å². The third kappa shape index (κ3) is 5.13. The van der Waals surface area contributed by atoms with Crippen molar-refractivity contribution in [2.45, 2.75) is 30.6 Å². The van der Waals surface area contributed by atoms with Crippen molar-refractivity contribution in [3.63, 3.8) is 0 Å². The number of nitrogens with zero attached hydrogens (tertiary/aromatic N) is 3.